The number of benzene rings is 2. The SMILES string of the molecule is Cc1c(CC(=O)NC(C(=O)O)C(C)C)c(=O)oc2cc3occ(-c4ccccc4)c3cc12. The average molecular weight is 433 g/mol. The lowest BCUT2D eigenvalue weighted by Gasteiger charge is -2.18. The fourth-order valence-electron chi connectivity index (χ4n) is 3.85. The molecular weight excluding hydrogens is 410 g/mol. The van der Waals surface area contributed by atoms with Crippen molar-refractivity contribution in [1.29, 1.82) is 0 Å². The van der Waals surface area contributed by atoms with E-state index >= 15 is 0 Å². The second-order valence-corrected chi connectivity index (χ2v) is 8.16. The lowest BCUT2D eigenvalue weighted by molar-refractivity contribution is -0.143. The van der Waals surface area contributed by atoms with Crippen molar-refractivity contribution in [3.8, 4) is 11.1 Å². The summed E-state index contributed by atoms with van der Waals surface area (Å²) in [7, 11) is 0. The molecule has 4 aromatic rings. The third-order valence-electron chi connectivity index (χ3n) is 5.65. The van der Waals surface area contributed by atoms with E-state index in [1.165, 1.54) is 0 Å². The van der Waals surface area contributed by atoms with Gasteiger partial charge in [0.05, 0.1) is 18.2 Å². The van der Waals surface area contributed by atoms with Crippen LogP contribution in [0.4, 0.5) is 0 Å². The number of amides is 1. The van der Waals surface area contributed by atoms with Crippen LogP contribution in [0.2, 0.25) is 0 Å². The third-order valence-corrected chi connectivity index (χ3v) is 5.65. The lowest BCUT2D eigenvalue weighted by Crippen LogP contribution is -2.45. The first-order valence-corrected chi connectivity index (χ1v) is 10.3. The molecule has 1 unspecified atom stereocenters. The van der Waals surface area contributed by atoms with Crippen molar-refractivity contribution in [3.63, 3.8) is 0 Å². The van der Waals surface area contributed by atoms with Gasteiger partial charge in [0.15, 0.2) is 0 Å². The first-order valence-electron chi connectivity index (χ1n) is 10.3. The Morgan fingerprint density at radius 3 is 2.44 bits per heavy atom. The molecule has 0 saturated heterocycles. The number of aryl methyl sites for hydroxylation is 1. The van der Waals surface area contributed by atoms with Gasteiger partial charge in [0, 0.05) is 22.4 Å². The number of nitrogens with one attached hydrogen (secondary N) is 1. The fourth-order valence-corrected chi connectivity index (χ4v) is 3.85. The van der Waals surface area contributed by atoms with E-state index in [4.69, 9.17) is 8.83 Å². The van der Waals surface area contributed by atoms with Gasteiger partial charge in [0.2, 0.25) is 5.91 Å². The lowest BCUT2D eigenvalue weighted by atomic mass is 9.99. The van der Waals surface area contributed by atoms with Gasteiger partial charge in [-0.2, -0.15) is 0 Å². The Hall–Kier alpha value is -3.87. The van der Waals surface area contributed by atoms with Gasteiger partial charge in [-0.05, 0) is 30.0 Å². The maximum atomic E-state index is 12.6. The topological polar surface area (TPSA) is 110 Å². The summed E-state index contributed by atoms with van der Waals surface area (Å²) in [6.07, 6.45) is 1.40. The highest BCUT2D eigenvalue weighted by molar-refractivity contribution is 6.02. The Balaban J connectivity index is 1.76. The fraction of sp³-hybridized carbons (Fsp3) is 0.240. The summed E-state index contributed by atoms with van der Waals surface area (Å²) in [6.45, 7) is 5.16. The van der Waals surface area contributed by atoms with E-state index in [0.29, 0.717) is 22.1 Å². The quantitative estimate of drug-likeness (QED) is 0.439. The minimum atomic E-state index is -1.12. The zero-order valence-corrected chi connectivity index (χ0v) is 18.0. The van der Waals surface area contributed by atoms with Gasteiger partial charge < -0.3 is 19.3 Å². The van der Waals surface area contributed by atoms with Crippen molar-refractivity contribution < 1.29 is 23.5 Å². The molecule has 164 valence electrons. The summed E-state index contributed by atoms with van der Waals surface area (Å²) >= 11 is 0. The van der Waals surface area contributed by atoms with Crippen LogP contribution in [0.15, 0.2) is 62.4 Å². The number of carboxylic acid groups (broad SMARTS) is 1. The van der Waals surface area contributed by atoms with Crippen molar-refractivity contribution in [1.82, 2.24) is 5.32 Å². The number of hydrogen-bond donors (Lipinski definition) is 2. The normalized spacial score (nSPS) is 12.4. The highest BCUT2D eigenvalue weighted by Crippen LogP contribution is 2.34. The molecule has 2 N–H and O–H groups in total. The van der Waals surface area contributed by atoms with E-state index in [1.807, 2.05) is 36.4 Å². The van der Waals surface area contributed by atoms with Crippen LogP contribution in [0.1, 0.15) is 25.0 Å². The van der Waals surface area contributed by atoms with Crippen LogP contribution in [-0.4, -0.2) is 23.0 Å². The maximum Gasteiger partial charge on any atom is 0.340 e. The standard InChI is InChI=1S/C25H23NO6/c1-13(2)23(24(28)29)26-22(27)10-17-14(3)16-9-18-19(15-7-5-4-6-8-15)12-31-20(18)11-21(16)32-25(17)30/h4-9,11-13,23H,10H2,1-3H3,(H,26,27)(H,28,29). The van der Waals surface area contributed by atoms with E-state index in [1.54, 1.807) is 33.1 Å². The zero-order valence-electron chi connectivity index (χ0n) is 18.0. The van der Waals surface area contributed by atoms with E-state index in [2.05, 4.69) is 5.32 Å². The van der Waals surface area contributed by atoms with Crippen molar-refractivity contribution in [2.75, 3.05) is 0 Å². The van der Waals surface area contributed by atoms with E-state index in [0.717, 1.165) is 16.5 Å². The van der Waals surface area contributed by atoms with Crippen LogP contribution < -0.4 is 10.9 Å². The summed E-state index contributed by atoms with van der Waals surface area (Å²) < 4.78 is 11.2. The number of carbonyl (C=O) groups excluding carboxylic acids is 1. The largest absolute Gasteiger partial charge is 0.480 e. The van der Waals surface area contributed by atoms with Gasteiger partial charge in [0.25, 0.3) is 0 Å². The Bertz CT molecular complexity index is 1380. The molecule has 0 aliphatic heterocycles. The third kappa shape index (κ3) is 3.89. The summed E-state index contributed by atoms with van der Waals surface area (Å²) in [4.78, 5) is 36.5. The van der Waals surface area contributed by atoms with Gasteiger partial charge in [-0.1, -0.05) is 44.2 Å². The predicted octanol–water partition coefficient (Wildman–Crippen LogP) is 4.28. The molecule has 0 bridgehead atoms. The molecule has 4 rings (SSSR count). The first-order chi connectivity index (χ1) is 15.3. The minimum absolute atomic E-state index is 0.201. The average Bonchev–Trinajstić information content (AvgIpc) is 3.17. The maximum absolute atomic E-state index is 12.6. The van der Waals surface area contributed by atoms with Crippen LogP contribution in [0.3, 0.4) is 0 Å². The Morgan fingerprint density at radius 2 is 1.78 bits per heavy atom. The number of rotatable bonds is 6. The van der Waals surface area contributed by atoms with E-state index in [-0.39, 0.29) is 17.9 Å². The highest BCUT2D eigenvalue weighted by Gasteiger charge is 2.25. The van der Waals surface area contributed by atoms with Gasteiger partial charge in [-0.3, -0.25) is 4.79 Å². The summed E-state index contributed by atoms with van der Waals surface area (Å²) in [5, 5.41) is 13.3. The number of furan rings is 1. The number of hydrogen-bond acceptors (Lipinski definition) is 5. The molecule has 7 nitrogen and oxygen atoms in total. The molecule has 7 heteroatoms. The first kappa shape index (κ1) is 21.4. The molecule has 1 atom stereocenters. The number of carbonyl (C=O) groups is 2. The molecule has 32 heavy (non-hydrogen) atoms. The molecule has 2 aromatic carbocycles. The van der Waals surface area contributed by atoms with Crippen LogP contribution >= 0.6 is 0 Å². The Labute approximate surface area is 183 Å². The molecule has 2 aromatic heterocycles. The van der Waals surface area contributed by atoms with Gasteiger partial charge >= 0.3 is 11.6 Å². The molecule has 2 heterocycles. The van der Waals surface area contributed by atoms with Gasteiger partial charge in [-0.15, -0.1) is 0 Å². The Kier molecular flexibility index (Phi) is 5.57. The minimum Gasteiger partial charge on any atom is -0.480 e. The van der Waals surface area contributed by atoms with Crippen molar-refractivity contribution >= 4 is 33.8 Å². The van der Waals surface area contributed by atoms with Gasteiger partial charge in [0.1, 0.15) is 17.2 Å². The monoisotopic (exact) mass is 433 g/mol. The van der Waals surface area contributed by atoms with Crippen molar-refractivity contribution in [3.05, 3.63) is 70.3 Å². The molecule has 0 spiro atoms. The molecule has 0 fully saturated rings. The number of aliphatic carboxylic acids is 1. The smallest absolute Gasteiger partial charge is 0.340 e. The van der Waals surface area contributed by atoms with Crippen LogP contribution in [0, 0.1) is 12.8 Å². The Morgan fingerprint density at radius 1 is 1.06 bits per heavy atom. The van der Waals surface area contributed by atoms with Crippen LogP contribution in [0.5, 0.6) is 0 Å². The van der Waals surface area contributed by atoms with Crippen LogP contribution in [-0.2, 0) is 16.0 Å². The predicted molar refractivity (Wildman–Crippen MR) is 121 cm³/mol. The molecular formula is C25H23NO6. The summed E-state index contributed by atoms with van der Waals surface area (Å²) in [6, 6.07) is 12.3. The molecule has 0 aliphatic rings. The number of carboxylic acids is 1. The highest BCUT2D eigenvalue weighted by atomic mass is 16.4. The van der Waals surface area contributed by atoms with E-state index < -0.39 is 23.5 Å². The van der Waals surface area contributed by atoms with Crippen molar-refractivity contribution in [2.45, 2.75) is 33.2 Å². The zero-order chi connectivity index (χ0) is 23.0. The summed E-state index contributed by atoms with van der Waals surface area (Å²) in [5.41, 5.74) is 3.05. The molecule has 0 saturated carbocycles. The molecule has 0 aliphatic carbocycles. The van der Waals surface area contributed by atoms with Gasteiger partial charge in [-0.25, -0.2) is 9.59 Å². The molecule has 0 radical (unpaired) electrons. The summed E-state index contributed by atoms with van der Waals surface area (Å²) in [5.74, 6) is -1.96. The van der Waals surface area contributed by atoms with Crippen molar-refractivity contribution in [2.24, 2.45) is 5.92 Å². The van der Waals surface area contributed by atoms with Crippen LogP contribution in [0.25, 0.3) is 33.1 Å². The second kappa shape index (κ2) is 8.34. The second-order valence-electron chi connectivity index (χ2n) is 8.16. The van der Waals surface area contributed by atoms with E-state index in [9.17, 15) is 19.5 Å². The number of fused-ring (bicyclic) bond motifs is 2. The molecule has 1 amide bonds.